The lowest BCUT2D eigenvalue weighted by atomic mass is 10.0. The van der Waals surface area contributed by atoms with Crippen molar-refractivity contribution in [1.29, 1.82) is 0 Å². The van der Waals surface area contributed by atoms with E-state index < -0.39 is 11.6 Å². The molecular weight excluding hydrogens is 356 g/mol. The van der Waals surface area contributed by atoms with Gasteiger partial charge in [-0.1, -0.05) is 54.6 Å². The molecule has 0 fully saturated rings. The van der Waals surface area contributed by atoms with Gasteiger partial charge in [0, 0.05) is 17.2 Å². The summed E-state index contributed by atoms with van der Waals surface area (Å²) in [7, 11) is 0. The Morgan fingerprint density at radius 1 is 0.750 bits per heavy atom. The summed E-state index contributed by atoms with van der Waals surface area (Å²) in [5.74, 6) is -0.930. The van der Waals surface area contributed by atoms with Crippen LogP contribution in [0.15, 0.2) is 89.7 Å². The van der Waals surface area contributed by atoms with E-state index in [0.29, 0.717) is 17.0 Å². The minimum atomic E-state index is -0.472. The van der Waals surface area contributed by atoms with Gasteiger partial charge < -0.3 is 4.57 Å². The summed E-state index contributed by atoms with van der Waals surface area (Å²) in [4.78, 5) is 12.8. The maximum absolute atomic E-state index is 14.8. The fourth-order valence-corrected chi connectivity index (χ4v) is 3.38. The number of nitrogens with zero attached hydrogens (tertiary/aromatic N) is 1. The van der Waals surface area contributed by atoms with Crippen molar-refractivity contribution in [3.63, 3.8) is 0 Å². The first kappa shape index (κ1) is 17.9. The average molecular weight is 373 g/mol. The van der Waals surface area contributed by atoms with Gasteiger partial charge >= 0.3 is 0 Å². The van der Waals surface area contributed by atoms with Crippen LogP contribution in [0.25, 0.3) is 28.2 Å². The van der Waals surface area contributed by atoms with E-state index >= 15 is 0 Å². The molecule has 0 atom stereocenters. The Labute approximate surface area is 161 Å². The molecular formula is C24H17F2NO. The molecule has 1 heterocycles. The second-order valence-electron chi connectivity index (χ2n) is 6.50. The van der Waals surface area contributed by atoms with Gasteiger partial charge in [0.2, 0.25) is 0 Å². The van der Waals surface area contributed by atoms with Crippen LogP contribution in [-0.2, 0) is 0 Å². The van der Waals surface area contributed by atoms with E-state index in [9.17, 15) is 13.6 Å². The highest BCUT2D eigenvalue weighted by atomic mass is 19.1. The van der Waals surface area contributed by atoms with Crippen molar-refractivity contribution < 1.29 is 8.78 Å². The molecule has 1 aromatic heterocycles. The van der Waals surface area contributed by atoms with E-state index in [4.69, 9.17) is 0 Å². The summed E-state index contributed by atoms with van der Waals surface area (Å²) in [6.45, 7) is 1.64. The Morgan fingerprint density at radius 2 is 1.36 bits per heavy atom. The van der Waals surface area contributed by atoms with Crippen LogP contribution < -0.4 is 5.43 Å². The molecule has 138 valence electrons. The SMILES string of the molecule is Cc1c(-c2ccccc2F)n(-c2ccccc2F)c(-c2ccccc2)cc1=O. The van der Waals surface area contributed by atoms with Crippen LogP contribution in [0.5, 0.6) is 0 Å². The predicted molar refractivity (Wildman–Crippen MR) is 108 cm³/mol. The van der Waals surface area contributed by atoms with Gasteiger partial charge in [-0.2, -0.15) is 0 Å². The average Bonchev–Trinajstić information content (AvgIpc) is 2.72. The normalized spacial score (nSPS) is 10.8. The molecule has 28 heavy (non-hydrogen) atoms. The van der Waals surface area contributed by atoms with E-state index in [0.717, 1.165) is 5.56 Å². The molecule has 0 amide bonds. The van der Waals surface area contributed by atoms with Crippen LogP contribution in [0.1, 0.15) is 5.56 Å². The third kappa shape index (κ3) is 3.03. The zero-order valence-electron chi connectivity index (χ0n) is 15.2. The van der Waals surface area contributed by atoms with Gasteiger partial charge in [-0.15, -0.1) is 0 Å². The summed E-state index contributed by atoms with van der Waals surface area (Å²) in [6, 6.07) is 23.2. The quantitative estimate of drug-likeness (QED) is 0.448. The lowest BCUT2D eigenvalue weighted by molar-refractivity contribution is 0.616. The molecule has 0 aliphatic carbocycles. The van der Waals surface area contributed by atoms with Crippen molar-refractivity contribution in [2.24, 2.45) is 0 Å². The number of hydrogen-bond acceptors (Lipinski definition) is 1. The maximum Gasteiger partial charge on any atom is 0.185 e. The van der Waals surface area contributed by atoms with E-state index in [-0.39, 0.29) is 16.7 Å². The molecule has 0 saturated heterocycles. The molecule has 0 bridgehead atoms. The Balaban J connectivity index is 2.20. The van der Waals surface area contributed by atoms with E-state index in [1.807, 2.05) is 30.3 Å². The standard InChI is InChI=1S/C24H17F2NO/c1-16-23(28)15-22(17-9-3-2-4-10-17)27(21-14-8-7-13-20(21)26)24(16)18-11-5-6-12-19(18)25/h2-15H,1H3. The second kappa shape index (κ2) is 7.24. The van der Waals surface area contributed by atoms with Crippen LogP contribution in [0, 0.1) is 18.6 Å². The fourth-order valence-electron chi connectivity index (χ4n) is 3.38. The van der Waals surface area contributed by atoms with Crippen LogP contribution in [0.2, 0.25) is 0 Å². The third-order valence-corrected chi connectivity index (χ3v) is 4.75. The smallest absolute Gasteiger partial charge is 0.185 e. The molecule has 0 radical (unpaired) electrons. The number of rotatable bonds is 3. The number of halogens is 2. The highest BCUT2D eigenvalue weighted by molar-refractivity contribution is 5.73. The summed E-state index contributed by atoms with van der Waals surface area (Å²) < 4.78 is 31.1. The van der Waals surface area contributed by atoms with Crippen molar-refractivity contribution in [2.45, 2.75) is 6.92 Å². The van der Waals surface area contributed by atoms with Gasteiger partial charge in [0.25, 0.3) is 0 Å². The molecule has 0 N–H and O–H groups in total. The molecule has 0 spiro atoms. The molecule has 2 nitrogen and oxygen atoms in total. The predicted octanol–water partition coefficient (Wildman–Crippen LogP) is 5.76. The molecule has 4 heteroatoms. The number of para-hydroxylation sites is 1. The first-order valence-corrected chi connectivity index (χ1v) is 8.90. The number of hydrogen-bond donors (Lipinski definition) is 0. The first-order valence-electron chi connectivity index (χ1n) is 8.90. The lowest BCUT2D eigenvalue weighted by Crippen LogP contribution is -2.17. The number of pyridine rings is 1. The molecule has 0 saturated carbocycles. The minimum Gasteiger partial charge on any atom is -0.306 e. The van der Waals surface area contributed by atoms with Crippen LogP contribution in [-0.4, -0.2) is 4.57 Å². The van der Waals surface area contributed by atoms with Crippen LogP contribution >= 0.6 is 0 Å². The lowest BCUT2D eigenvalue weighted by Gasteiger charge is -2.22. The van der Waals surface area contributed by atoms with Gasteiger partial charge in [0.1, 0.15) is 11.6 Å². The van der Waals surface area contributed by atoms with Crippen molar-refractivity contribution in [3.8, 4) is 28.2 Å². The van der Waals surface area contributed by atoms with Crippen LogP contribution in [0.3, 0.4) is 0 Å². The highest BCUT2D eigenvalue weighted by Gasteiger charge is 2.20. The third-order valence-electron chi connectivity index (χ3n) is 4.75. The fraction of sp³-hybridized carbons (Fsp3) is 0.0417. The molecule has 0 aliphatic heterocycles. The monoisotopic (exact) mass is 373 g/mol. The minimum absolute atomic E-state index is 0.232. The zero-order valence-corrected chi connectivity index (χ0v) is 15.2. The van der Waals surface area contributed by atoms with Crippen molar-refractivity contribution in [1.82, 2.24) is 4.57 Å². The second-order valence-corrected chi connectivity index (χ2v) is 6.50. The van der Waals surface area contributed by atoms with Gasteiger partial charge in [-0.05, 0) is 36.8 Å². The van der Waals surface area contributed by atoms with E-state index in [1.165, 1.54) is 18.2 Å². The largest absolute Gasteiger partial charge is 0.306 e. The van der Waals surface area contributed by atoms with Gasteiger partial charge in [-0.3, -0.25) is 4.79 Å². The molecule has 4 aromatic rings. The highest BCUT2D eigenvalue weighted by Crippen LogP contribution is 2.33. The molecule has 0 aliphatic rings. The molecule has 3 aromatic carbocycles. The van der Waals surface area contributed by atoms with Gasteiger partial charge in [0.15, 0.2) is 5.43 Å². The van der Waals surface area contributed by atoms with Crippen molar-refractivity contribution >= 4 is 0 Å². The van der Waals surface area contributed by atoms with Crippen molar-refractivity contribution in [2.75, 3.05) is 0 Å². The molecule has 4 rings (SSSR count). The summed E-state index contributed by atoms with van der Waals surface area (Å²) in [5.41, 5.74) is 2.20. The topological polar surface area (TPSA) is 22.0 Å². The van der Waals surface area contributed by atoms with Gasteiger partial charge in [-0.25, -0.2) is 8.78 Å². The van der Waals surface area contributed by atoms with E-state index in [1.54, 1.807) is 47.9 Å². The Bertz CT molecular complexity index is 1210. The maximum atomic E-state index is 14.8. The molecule has 0 unspecified atom stereocenters. The Hall–Kier alpha value is -3.53. The van der Waals surface area contributed by atoms with Crippen LogP contribution in [0.4, 0.5) is 8.78 Å². The Morgan fingerprint density at radius 3 is 2.04 bits per heavy atom. The summed E-state index contributed by atoms with van der Waals surface area (Å²) >= 11 is 0. The zero-order chi connectivity index (χ0) is 19.7. The Kier molecular flexibility index (Phi) is 4.62. The number of benzene rings is 3. The van der Waals surface area contributed by atoms with E-state index in [2.05, 4.69) is 0 Å². The number of aromatic nitrogens is 1. The summed E-state index contributed by atoms with van der Waals surface area (Å²) in [5, 5.41) is 0. The van der Waals surface area contributed by atoms with Crippen molar-refractivity contribution in [3.05, 3.63) is 112 Å². The summed E-state index contributed by atoms with van der Waals surface area (Å²) in [6.07, 6.45) is 0. The van der Waals surface area contributed by atoms with Gasteiger partial charge in [0.05, 0.1) is 17.1 Å². The first-order chi connectivity index (χ1) is 13.6.